The van der Waals surface area contributed by atoms with Gasteiger partial charge in [0.05, 0.1) is 30.2 Å². The van der Waals surface area contributed by atoms with E-state index in [-0.39, 0.29) is 50.7 Å². The van der Waals surface area contributed by atoms with Crippen molar-refractivity contribution in [3.05, 3.63) is 29.8 Å². The van der Waals surface area contributed by atoms with E-state index in [0.717, 1.165) is 6.42 Å². The van der Waals surface area contributed by atoms with E-state index in [9.17, 15) is 14.4 Å². The minimum absolute atomic E-state index is 0.149. The summed E-state index contributed by atoms with van der Waals surface area (Å²) < 4.78 is 4.79. The zero-order valence-electron chi connectivity index (χ0n) is 12.8. The zero-order chi connectivity index (χ0) is 17.2. The topological polar surface area (TPSA) is 63.7 Å². The second kappa shape index (κ2) is 5.66. The average molecular weight is 457 g/mol. The van der Waals surface area contributed by atoms with Crippen molar-refractivity contribution in [2.24, 2.45) is 23.7 Å². The summed E-state index contributed by atoms with van der Waals surface area (Å²) >= 11 is 7.33. The van der Waals surface area contributed by atoms with Gasteiger partial charge in [-0.15, -0.1) is 0 Å². The minimum Gasteiger partial charge on any atom is -0.465 e. The van der Waals surface area contributed by atoms with E-state index in [1.54, 1.807) is 24.3 Å². The average Bonchev–Trinajstić information content (AvgIpc) is 3.19. The van der Waals surface area contributed by atoms with Crippen LogP contribution in [0, 0.1) is 23.7 Å². The number of hydrogen-bond donors (Lipinski definition) is 0. The molecule has 4 rings (SSSR count). The molecule has 0 aromatic heterocycles. The number of anilines is 1. The highest BCUT2D eigenvalue weighted by molar-refractivity contribution is 9.12. The molecule has 2 saturated carbocycles. The van der Waals surface area contributed by atoms with Gasteiger partial charge in [-0.05, 0) is 30.4 Å². The lowest BCUT2D eigenvalue weighted by Gasteiger charge is -2.28. The van der Waals surface area contributed by atoms with E-state index >= 15 is 0 Å². The Morgan fingerprint density at radius 1 is 1.08 bits per heavy atom. The summed E-state index contributed by atoms with van der Waals surface area (Å²) in [6, 6.07) is 6.60. The van der Waals surface area contributed by atoms with E-state index in [1.165, 1.54) is 12.0 Å². The van der Waals surface area contributed by atoms with Crippen molar-refractivity contribution < 1.29 is 19.1 Å². The number of methoxy groups -OCH3 is 1. The molecule has 0 unspecified atom stereocenters. The molecule has 0 radical (unpaired) electrons. The Bertz CT molecular complexity index is 720. The Labute approximate surface area is 156 Å². The van der Waals surface area contributed by atoms with Crippen LogP contribution in [0.2, 0.25) is 0 Å². The maximum absolute atomic E-state index is 13.0. The van der Waals surface area contributed by atoms with E-state index in [1.807, 2.05) is 0 Å². The maximum Gasteiger partial charge on any atom is 0.339 e. The summed E-state index contributed by atoms with van der Waals surface area (Å²) in [5.74, 6) is -1.25. The molecule has 2 aliphatic carbocycles. The SMILES string of the molecule is COC(=O)c1ccccc1N1C(=O)[C@@H]2[C@H]3C[C@H]([C@H](Br)[C@@H]3Br)[C@@H]2C1=O. The second-order valence-corrected chi connectivity index (χ2v) is 8.64. The van der Waals surface area contributed by atoms with Crippen molar-refractivity contribution in [1.29, 1.82) is 0 Å². The predicted molar refractivity (Wildman–Crippen MR) is 94.3 cm³/mol. The van der Waals surface area contributed by atoms with E-state index in [4.69, 9.17) is 4.74 Å². The van der Waals surface area contributed by atoms with E-state index in [2.05, 4.69) is 31.9 Å². The van der Waals surface area contributed by atoms with Crippen LogP contribution in [0.5, 0.6) is 0 Å². The predicted octanol–water partition coefficient (Wildman–Crippen LogP) is 2.76. The van der Waals surface area contributed by atoms with Gasteiger partial charge >= 0.3 is 5.97 Å². The summed E-state index contributed by atoms with van der Waals surface area (Å²) in [7, 11) is 1.28. The standard InChI is InChI=1S/C17H15Br2NO4/c1-24-17(23)7-4-2-3-5-10(7)20-15(21)11-8-6-9(12(11)16(20)22)14(19)13(8)18/h2-5,8-9,11-14H,6H2,1H3/t8-,9+,11-,12+,13-,14+. The van der Waals surface area contributed by atoms with Gasteiger partial charge in [0.15, 0.2) is 0 Å². The summed E-state index contributed by atoms with van der Waals surface area (Å²) in [5.41, 5.74) is 0.560. The van der Waals surface area contributed by atoms with E-state index < -0.39 is 5.97 Å². The van der Waals surface area contributed by atoms with Crippen LogP contribution in [0.3, 0.4) is 0 Å². The van der Waals surface area contributed by atoms with Crippen LogP contribution >= 0.6 is 31.9 Å². The number of esters is 1. The highest BCUT2D eigenvalue weighted by Gasteiger charge is 2.66. The molecular weight excluding hydrogens is 442 g/mol. The van der Waals surface area contributed by atoms with Crippen molar-refractivity contribution >= 4 is 55.3 Å². The fourth-order valence-corrected chi connectivity index (χ4v) is 6.41. The molecule has 1 heterocycles. The fraction of sp³-hybridized carbons (Fsp3) is 0.471. The van der Waals surface area contributed by atoms with Crippen LogP contribution in [0.25, 0.3) is 0 Å². The third kappa shape index (κ3) is 2.00. The van der Waals surface area contributed by atoms with Gasteiger partial charge in [0.1, 0.15) is 0 Å². The van der Waals surface area contributed by atoms with Gasteiger partial charge in [-0.25, -0.2) is 9.69 Å². The molecular formula is C17H15Br2NO4. The van der Waals surface area contributed by atoms with Crippen LogP contribution < -0.4 is 4.90 Å². The molecule has 2 amide bonds. The van der Waals surface area contributed by atoms with Gasteiger partial charge in [-0.2, -0.15) is 0 Å². The van der Waals surface area contributed by atoms with Crippen LogP contribution in [-0.2, 0) is 14.3 Å². The lowest BCUT2D eigenvalue weighted by atomic mass is 9.81. The number of hydrogen-bond acceptors (Lipinski definition) is 4. The van der Waals surface area contributed by atoms with Crippen molar-refractivity contribution in [2.45, 2.75) is 16.1 Å². The number of alkyl halides is 2. The Balaban J connectivity index is 1.76. The molecule has 126 valence electrons. The number of halogens is 2. The molecule has 1 aromatic carbocycles. The van der Waals surface area contributed by atoms with Crippen LogP contribution in [0.1, 0.15) is 16.8 Å². The number of imide groups is 1. The lowest BCUT2D eigenvalue weighted by molar-refractivity contribution is -0.123. The first-order valence-electron chi connectivity index (χ1n) is 7.80. The summed E-state index contributed by atoms with van der Waals surface area (Å²) in [5, 5.41) is 0. The molecule has 3 aliphatic rings. The molecule has 1 aromatic rings. The quantitative estimate of drug-likeness (QED) is 0.390. The Morgan fingerprint density at radius 3 is 2.17 bits per heavy atom. The van der Waals surface area contributed by atoms with Gasteiger partial charge in [0.2, 0.25) is 11.8 Å². The highest BCUT2D eigenvalue weighted by atomic mass is 79.9. The number of carbonyl (C=O) groups excluding carboxylic acids is 3. The normalized spacial score (nSPS) is 37.0. The molecule has 7 heteroatoms. The smallest absolute Gasteiger partial charge is 0.339 e. The van der Waals surface area contributed by atoms with Crippen LogP contribution in [0.15, 0.2) is 24.3 Å². The third-order valence-corrected chi connectivity index (χ3v) is 8.74. The van der Waals surface area contributed by atoms with Gasteiger partial charge in [-0.3, -0.25) is 9.59 Å². The second-order valence-electron chi connectivity index (χ2n) is 6.52. The first kappa shape index (κ1) is 16.3. The van der Waals surface area contributed by atoms with Gasteiger partial charge in [0.25, 0.3) is 0 Å². The Kier molecular flexibility index (Phi) is 3.84. The maximum atomic E-state index is 13.0. The number of para-hydroxylation sites is 1. The summed E-state index contributed by atoms with van der Waals surface area (Å²) in [6.07, 6.45) is 0.880. The molecule has 5 nitrogen and oxygen atoms in total. The van der Waals surface area contributed by atoms with Gasteiger partial charge in [0, 0.05) is 9.65 Å². The Hall–Kier alpha value is -1.21. The minimum atomic E-state index is -0.553. The number of amides is 2. The van der Waals surface area contributed by atoms with Crippen molar-refractivity contribution in [1.82, 2.24) is 0 Å². The molecule has 1 saturated heterocycles. The molecule has 3 fully saturated rings. The molecule has 1 aliphatic heterocycles. The van der Waals surface area contributed by atoms with Crippen LogP contribution in [-0.4, -0.2) is 34.5 Å². The Morgan fingerprint density at radius 2 is 1.62 bits per heavy atom. The number of rotatable bonds is 2. The number of benzene rings is 1. The molecule has 6 atom stereocenters. The fourth-order valence-electron chi connectivity index (χ4n) is 4.54. The largest absolute Gasteiger partial charge is 0.465 e. The van der Waals surface area contributed by atoms with Crippen LogP contribution in [0.4, 0.5) is 5.69 Å². The first-order chi connectivity index (χ1) is 11.5. The first-order valence-corrected chi connectivity index (χ1v) is 9.63. The number of carbonyl (C=O) groups is 3. The molecule has 0 spiro atoms. The van der Waals surface area contributed by atoms with E-state index in [0.29, 0.717) is 5.69 Å². The number of nitrogens with zero attached hydrogens (tertiary/aromatic N) is 1. The number of ether oxygens (including phenoxy) is 1. The summed E-state index contributed by atoms with van der Waals surface area (Å²) in [4.78, 5) is 39.6. The van der Waals surface area contributed by atoms with Gasteiger partial charge in [-0.1, -0.05) is 44.0 Å². The van der Waals surface area contributed by atoms with Gasteiger partial charge < -0.3 is 4.74 Å². The summed E-state index contributed by atoms with van der Waals surface area (Å²) in [6.45, 7) is 0. The number of fused-ring (bicyclic) bond motifs is 5. The highest BCUT2D eigenvalue weighted by Crippen LogP contribution is 2.60. The molecule has 2 bridgehead atoms. The zero-order valence-corrected chi connectivity index (χ0v) is 16.0. The van der Waals surface area contributed by atoms with Crippen molar-refractivity contribution in [2.75, 3.05) is 12.0 Å². The lowest BCUT2D eigenvalue weighted by Crippen LogP contribution is -2.37. The third-order valence-electron chi connectivity index (χ3n) is 5.54. The van der Waals surface area contributed by atoms with Crippen molar-refractivity contribution in [3.8, 4) is 0 Å². The monoisotopic (exact) mass is 455 g/mol. The molecule has 0 N–H and O–H groups in total. The van der Waals surface area contributed by atoms with Crippen molar-refractivity contribution in [3.63, 3.8) is 0 Å². The molecule has 24 heavy (non-hydrogen) atoms.